The largest absolute Gasteiger partial charge is 0.280 e. The summed E-state index contributed by atoms with van der Waals surface area (Å²) in [6.45, 7) is 0. The predicted molar refractivity (Wildman–Crippen MR) is 79.9 cm³/mol. The minimum atomic E-state index is -0.715. The maximum Gasteiger partial charge on any atom is 0.280 e. The van der Waals surface area contributed by atoms with E-state index in [9.17, 15) is 19.2 Å². The zero-order valence-electron chi connectivity index (χ0n) is 12.0. The lowest BCUT2D eigenvalue weighted by molar-refractivity contribution is -0.136. The second-order valence-electron chi connectivity index (χ2n) is 4.93. The zero-order chi connectivity index (χ0) is 16.4. The molecule has 0 radical (unpaired) electrons. The highest BCUT2D eigenvalue weighted by Gasteiger charge is 2.44. The average molecular weight is 308 g/mol. The molecule has 23 heavy (non-hydrogen) atoms. The smallest absolute Gasteiger partial charge is 0.272 e. The number of imide groups is 2. The van der Waals surface area contributed by atoms with Crippen LogP contribution >= 0.6 is 0 Å². The molecule has 0 saturated carbocycles. The molecule has 1 heterocycles. The first-order valence-corrected chi connectivity index (χ1v) is 6.94. The Morgan fingerprint density at radius 1 is 0.652 bits per heavy atom. The molecule has 1 fully saturated rings. The van der Waals surface area contributed by atoms with E-state index in [-0.39, 0.29) is 11.1 Å². The Morgan fingerprint density at radius 3 is 1.35 bits per heavy atom. The van der Waals surface area contributed by atoms with Gasteiger partial charge in [-0.05, 0) is 24.3 Å². The Labute approximate surface area is 131 Å². The van der Waals surface area contributed by atoms with Crippen molar-refractivity contribution in [3.05, 3.63) is 71.8 Å². The summed E-state index contributed by atoms with van der Waals surface area (Å²) in [6, 6.07) is 16.1. The number of amides is 4. The standard InChI is InChI=1S/C17H12N2O4/c20-14-11-15(21)19(17(23)13-9-5-2-6-10-13)18(14)16(22)12-7-3-1-4-8-12/h1-10H,11H2. The Kier molecular flexibility index (Phi) is 3.72. The molecule has 0 bridgehead atoms. The molecule has 0 N–H and O–H groups in total. The molecule has 1 aliphatic heterocycles. The first-order chi connectivity index (χ1) is 11.1. The molecule has 0 unspecified atom stereocenters. The maximum atomic E-state index is 12.5. The number of hydrogen-bond acceptors (Lipinski definition) is 4. The van der Waals surface area contributed by atoms with E-state index in [1.54, 1.807) is 36.4 Å². The average Bonchev–Trinajstić information content (AvgIpc) is 2.89. The van der Waals surface area contributed by atoms with E-state index >= 15 is 0 Å². The molecule has 114 valence electrons. The van der Waals surface area contributed by atoms with E-state index in [0.29, 0.717) is 10.0 Å². The van der Waals surface area contributed by atoms with Crippen molar-refractivity contribution in [3.63, 3.8) is 0 Å². The molecule has 0 spiro atoms. The third-order valence-electron chi connectivity index (χ3n) is 3.40. The van der Waals surface area contributed by atoms with Gasteiger partial charge in [0, 0.05) is 11.1 Å². The molecule has 0 aromatic heterocycles. The van der Waals surface area contributed by atoms with Crippen LogP contribution in [0.15, 0.2) is 60.7 Å². The Hall–Kier alpha value is -3.28. The van der Waals surface area contributed by atoms with Crippen molar-refractivity contribution in [2.45, 2.75) is 6.42 Å². The lowest BCUT2D eigenvalue weighted by Crippen LogP contribution is -2.48. The SMILES string of the molecule is O=C1CC(=O)N(C(=O)c2ccccc2)N1C(=O)c1ccccc1. The predicted octanol–water partition coefficient (Wildman–Crippen LogP) is 1.64. The second kappa shape index (κ2) is 5.84. The van der Waals surface area contributed by atoms with Gasteiger partial charge in [-0.15, -0.1) is 0 Å². The number of carbonyl (C=O) groups excluding carboxylic acids is 4. The van der Waals surface area contributed by atoms with Crippen LogP contribution in [0.25, 0.3) is 0 Å². The van der Waals surface area contributed by atoms with Crippen LogP contribution in [0.3, 0.4) is 0 Å². The van der Waals surface area contributed by atoms with E-state index in [2.05, 4.69) is 0 Å². The van der Waals surface area contributed by atoms with Gasteiger partial charge in [0.25, 0.3) is 23.6 Å². The topological polar surface area (TPSA) is 74.8 Å². The molecule has 0 aliphatic carbocycles. The molecule has 2 aromatic rings. The van der Waals surface area contributed by atoms with E-state index < -0.39 is 30.0 Å². The van der Waals surface area contributed by atoms with E-state index in [1.165, 1.54) is 24.3 Å². The summed E-state index contributed by atoms with van der Waals surface area (Å²) in [6.07, 6.45) is -0.503. The molecule has 3 rings (SSSR count). The molecule has 6 heteroatoms. The van der Waals surface area contributed by atoms with Crippen LogP contribution in [0.2, 0.25) is 0 Å². The summed E-state index contributed by atoms with van der Waals surface area (Å²) in [5.74, 6) is -2.84. The summed E-state index contributed by atoms with van der Waals surface area (Å²) < 4.78 is 0. The molecule has 1 saturated heterocycles. The van der Waals surface area contributed by atoms with Crippen molar-refractivity contribution < 1.29 is 19.2 Å². The summed E-state index contributed by atoms with van der Waals surface area (Å²) in [5.41, 5.74) is 0.447. The highest BCUT2D eigenvalue weighted by atomic mass is 16.2. The van der Waals surface area contributed by atoms with Crippen molar-refractivity contribution in [3.8, 4) is 0 Å². The molecule has 0 atom stereocenters. The van der Waals surface area contributed by atoms with Crippen LogP contribution < -0.4 is 0 Å². The van der Waals surface area contributed by atoms with Gasteiger partial charge in [0.05, 0.1) is 0 Å². The van der Waals surface area contributed by atoms with Crippen LogP contribution in [0, 0.1) is 0 Å². The number of nitrogens with zero attached hydrogens (tertiary/aromatic N) is 2. The van der Waals surface area contributed by atoms with E-state index in [1.807, 2.05) is 0 Å². The highest BCUT2D eigenvalue weighted by molar-refractivity contribution is 6.20. The van der Waals surface area contributed by atoms with Crippen LogP contribution in [0.5, 0.6) is 0 Å². The van der Waals surface area contributed by atoms with E-state index in [4.69, 9.17) is 0 Å². The Bertz CT molecular complexity index is 719. The summed E-state index contributed by atoms with van der Waals surface area (Å²) in [7, 11) is 0. The molecule has 6 nitrogen and oxygen atoms in total. The number of hydrogen-bond donors (Lipinski definition) is 0. The molecule has 1 aliphatic rings. The fourth-order valence-corrected chi connectivity index (χ4v) is 2.32. The zero-order valence-corrected chi connectivity index (χ0v) is 12.0. The molecule has 2 aromatic carbocycles. The summed E-state index contributed by atoms with van der Waals surface area (Å²) in [4.78, 5) is 49.1. The van der Waals surface area contributed by atoms with Gasteiger partial charge in [-0.3, -0.25) is 19.2 Å². The van der Waals surface area contributed by atoms with Crippen LogP contribution in [-0.4, -0.2) is 33.6 Å². The Morgan fingerprint density at radius 2 is 1.00 bits per heavy atom. The van der Waals surface area contributed by atoms with Crippen LogP contribution in [0.1, 0.15) is 27.1 Å². The first kappa shape index (κ1) is 14.6. The van der Waals surface area contributed by atoms with Gasteiger partial charge < -0.3 is 0 Å². The van der Waals surface area contributed by atoms with Crippen LogP contribution in [-0.2, 0) is 9.59 Å². The molecular weight excluding hydrogens is 296 g/mol. The first-order valence-electron chi connectivity index (χ1n) is 6.94. The number of benzene rings is 2. The monoisotopic (exact) mass is 308 g/mol. The second-order valence-corrected chi connectivity index (χ2v) is 4.93. The third-order valence-corrected chi connectivity index (χ3v) is 3.40. The lowest BCUT2D eigenvalue weighted by Gasteiger charge is -2.24. The number of hydrazine groups is 1. The van der Waals surface area contributed by atoms with Gasteiger partial charge in [-0.25, -0.2) is 0 Å². The quantitative estimate of drug-likeness (QED) is 0.624. The van der Waals surface area contributed by atoms with Crippen molar-refractivity contribution in [2.24, 2.45) is 0 Å². The van der Waals surface area contributed by atoms with Crippen molar-refractivity contribution in [1.29, 1.82) is 0 Å². The summed E-state index contributed by atoms with van der Waals surface area (Å²) >= 11 is 0. The van der Waals surface area contributed by atoms with Crippen molar-refractivity contribution in [1.82, 2.24) is 10.0 Å². The van der Waals surface area contributed by atoms with Crippen molar-refractivity contribution in [2.75, 3.05) is 0 Å². The number of carbonyl (C=O) groups is 4. The highest BCUT2D eigenvalue weighted by Crippen LogP contribution is 2.20. The minimum Gasteiger partial charge on any atom is -0.272 e. The normalized spacial score (nSPS) is 14.3. The fourth-order valence-electron chi connectivity index (χ4n) is 2.32. The Balaban J connectivity index is 1.97. The van der Waals surface area contributed by atoms with Gasteiger partial charge in [-0.2, -0.15) is 10.0 Å². The van der Waals surface area contributed by atoms with Gasteiger partial charge in [0.2, 0.25) is 0 Å². The maximum absolute atomic E-state index is 12.5. The molecular formula is C17H12N2O4. The van der Waals surface area contributed by atoms with Gasteiger partial charge in [-0.1, -0.05) is 36.4 Å². The summed E-state index contributed by atoms with van der Waals surface area (Å²) in [5, 5.41) is 1.24. The third kappa shape index (κ3) is 2.62. The number of rotatable bonds is 2. The van der Waals surface area contributed by atoms with Crippen molar-refractivity contribution >= 4 is 23.6 Å². The van der Waals surface area contributed by atoms with E-state index in [0.717, 1.165) is 0 Å². The fraction of sp³-hybridized carbons (Fsp3) is 0.0588. The van der Waals surface area contributed by atoms with Gasteiger partial charge in [0.15, 0.2) is 0 Å². The lowest BCUT2D eigenvalue weighted by atomic mass is 10.2. The van der Waals surface area contributed by atoms with Gasteiger partial charge in [0.1, 0.15) is 6.42 Å². The van der Waals surface area contributed by atoms with Gasteiger partial charge >= 0.3 is 0 Å². The van der Waals surface area contributed by atoms with Crippen LogP contribution in [0.4, 0.5) is 0 Å². The minimum absolute atomic E-state index is 0.224. The molecule has 4 amide bonds.